The van der Waals surface area contributed by atoms with Crippen molar-refractivity contribution >= 4 is 11.6 Å². The summed E-state index contributed by atoms with van der Waals surface area (Å²) in [5.74, 6) is 0.179. The number of phenols is 6. The van der Waals surface area contributed by atoms with Gasteiger partial charge in [0, 0.05) is 55.3 Å². The largest absolute Gasteiger partial charge is 0.508 e. The van der Waals surface area contributed by atoms with Crippen LogP contribution in [0.15, 0.2) is 54.6 Å². The first-order valence-corrected chi connectivity index (χ1v) is 19.8. The molecule has 0 saturated heterocycles. The second kappa shape index (κ2) is 25.9. The minimum atomic E-state index is -6.63. The summed E-state index contributed by atoms with van der Waals surface area (Å²) in [5.41, 5.74) is 1.33. The first kappa shape index (κ1) is 67.1. The van der Waals surface area contributed by atoms with Crippen molar-refractivity contribution in [2.24, 2.45) is 0 Å². The summed E-state index contributed by atoms with van der Waals surface area (Å²) in [4.78, 5) is 15.2. The number of halogens is 15. The number of benzene rings is 3. The number of phenolic OH excluding ortho intramolecular Hbond substituents is 6. The topological polar surface area (TPSA) is 219 Å². The van der Waals surface area contributed by atoms with E-state index in [0.29, 0.717) is 35.0 Å². The van der Waals surface area contributed by atoms with Crippen LogP contribution < -0.4 is 4.90 Å². The molecule has 0 aliphatic carbocycles. The van der Waals surface area contributed by atoms with Crippen molar-refractivity contribution in [3.8, 4) is 34.5 Å². The van der Waals surface area contributed by atoms with Crippen LogP contribution in [0.3, 0.4) is 0 Å². The van der Waals surface area contributed by atoms with Crippen LogP contribution in [0.5, 0.6) is 34.5 Å². The Morgan fingerprint density at radius 1 is 0.453 bits per heavy atom. The molecule has 4 aromatic rings. The molecule has 1 aromatic heterocycles. The van der Waals surface area contributed by atoms with E-state index in [4.69, 9.17) is 0 Å². The maximum atomic E-state index is 13.3. The normalized spacial score (nSPS) is 12.3. The van der Waals surface area contributed by atoms with Gasteiger partial charge in [0.2, 0.25) is 5.95 Å². The Hall–Kier alpha value is -10.0. The van der Waals surface area contributed by atoms with E-state index >= 15 is 0 Å². The Bertz CT molecular complexity index is 2300. The number of aromatic hydroxyl groups is 6. The van der Waals surface area contributed by atoms with Crippen LogP contribution in [0, 0.1) is 0 Å². The average molecular weight is 2120 g/mol. The summed E-state index contributed by atoms with van der Waals surface area (Å²) in [6.45, 7) is -8.36. The predicted molar refractivity (Wildman–Crippen MR) is 209 cm³/mol. The summed E-state index contributed by atoms with van der Waals surface area (Å²) >= 11 is 0. The predicted octanol–water partition coefficient (Wildman–Crippen LogP) is 9.06. The van der Waals surface area contributed by atoms with E-state index < -0.39 is 75.9 Å². The van der Waals surface area contributed by atoms with Gasteiger partial charge in [0.05, 0.1) is 5.69 Å². The van der Waals surface area contributed by atoms with Crippen LogP contribution in [-0.2, 0) is 41.3 Å². The van der Waals surface area contributed by atoms with Crippen LogP contribution in [0.25, 0.3) is 0 Å². The second-order valence-corrected chi connectivity index (χ2v) is 14.4. The number of rotatable bonds is 25. The molecule has 16 nitrogen and oxygen atoms in total. The first-order valence-electron chi connectivity index (χ1n) is 19.8. The smallest absolute Gasteiger partial charge is 0.483 e. The van der Waals surface area contributed by atoms with Gasteiger partial charge in [-0.25, -0.2) is 9.72 Å². The molecule has 406 valence electrons. The van der Waals surface area contributed by atoms with Gasteiger partial charge < -0.3 is 49.7 Å². The van der Waals surface area contributed by atoms with Crippen molar-refractivity contribution in [2.45, 2.75) is 75.9 Å². The molecule has 1 heterocycles. The Kier molecular flexibility index (Phi) is 23.2. The monoisotopic (exact) mass is 2120 g/mol. The molecule has 0 aliphatic rings. The molecule has 4 rings (SSSR count). The van der Waals surface area contributed by atoms with Crippen molar-refractivity contribution in [2.75, 3.05) is 51.1 Å². The molecule has 0 aliphatic heterocycles. The zero-order chi connectivity index (χ0) is 53.8. The third kappa shape index (κ3) is 21.1. The molecule has 0 fully saturated rings. The SMILES string of the molecule is CCCOCC(F)(F)OC(F)(F)COCC(F)(F)OC(F)(F)COCC(F)(F)OC(F)(F)C(F)(F)F.CCN(c1nc(Cc2ccc(O)cc2O)nc(Cc2ccc(O)cc2O)n1)c1ccc(O)cc1O.[Rf].[Rf].[Rf].[Rf]. The van der Waals surface area contributed by atoms with E-state index in [1.54, 1.807) is 17.0 Å². The van der Waals surface area contributed by atoms with Crippen LogP contribution in [-0.4, -0.2) is 135 Å². The molecular formula is C40H41F15N4O12Rf4. The van der Waals surface area contributed by atoms with Gasteiger partial charge >= 0.3 is 42.8 Å². The van der Waals surface area contributed by atoms with Crippen LogP contribution in [0.4, 0.5) is 77.5 Å². The number of hydrogen-bond donors (Lipinski definition) is 6. The van der Waals surface area contributed by atoms with E-state index in [9.17, 15) is 96.5 Å². The second-order valence-electron chi connectivity index (χ2n) is 14.4. The van der Waals surface area contributed by atoms with Gasteiger partial charge in [-0.3, -0.25) is 9.47 Å². The van der Waals surface area contributed by atoms with E-state index in [-0.39, 0.29) is 66.3 Å². The molecular weight excluding hydrogens is 2080 g/mol. The number of ether oxygens (including phenoxy) is 6. The molecule has 0 saturated carbocycles. The number of hydrogen-bond acceptors (Lipinski definition) is 16. The maximum Gasteiger partial charge on any atom is 0.483 e. The van der Waals surface area contributed by atoms with Gasteiger partial charge in [-0.05, 0) is 37.6 Å². The fourth-order valence-corrected chi connectivity index (χ4v) is 5.38. The van der Waals surface area contributed by atoms with Crippen molar-refractivity contribution in [1.82, 2.24) is 15.0 Å². The van der Waals surface area contributed by atoms with Crippen LogP contribution in [0.2, 0.25) is 0 Å². The van der Waals surface area contributed by atoms with E-state index in [0.717, 1.165) is 0 Å². The molecule has 0 unspecified atom stereocenters. The Labute approximate surface area is 390 Å². The molecule has 0 bridgehead atoms. The third-order valence-corrected chi connectivity index (χ3v) is 8.26. The molecule has 6 N–H and O–H groups in total. The zero-order valence-corrected chi connectivity index (χ0v) is 64.8. The third-order valence-electron chi connectivity index (χ3n) is 8.26. The van der Waals surface area contributed by atoms with Crippen LogP contribution in [0.1, 0.15) is 43.0 Å². The summed E-state index contributed by atoms with van der Waals surface area (Å²) in [5, 5.41) is 59.7. The van der Waals surface area contributed by atoms with Crippen molar-refractivity contribution in [1.29, 1.82) is 0 Å². The van der Waals surface area contributed by atoms with E-state index in [2.05, 4.69) is 43.4 Å². The summed E-state index contributed by atoms with van der Waals surface area (Å²) in [6.07, 6.45) is -38.2. The maximum absolute atomic E-state index is 13.3. The van der Waals surface area contributed by atoms with E-state index in [1.165, 1.54) is 49.4 Å². The Morgan fingerprint density at radius 3 is 1.13 bits per heavy atom. The van der Waals surface area contributed by atoms with Crippen LogP contribution >= 0.6 is 0 Å². The quantitative estimate of drug-likeness (QED) is 0.0269. The fraction of sp³-hybridized carbons (Fsp3) is 0.475. The van der Waals surface area contributed by atoms with Gasteiger partial charge in [-0.15, -0.1) is 0 Å². The number of alkyl halides is 15. The molecule has 3 aromatic carbocycles. The molecule has 0 amide bonds. The number of nitrogens with zero attached hydrogens (tertiary/aromatic N) is 4. The van der Waals surface area contributed by atoms with Crippen molar-refractivity contribution in [3.63, 3.8) is 0 Å². The van der Waals surface area contributed by atoms with Crippen molar-refractivity contribution < 1.29 is 125 Å². The minimum absolute atomic E-state index is 0. The Morgan fingerprint density at radius 2 is 0.800 bits per heavy atom. The van der Waals surface area contributed by atoms with Gasteiger partial charge in [-0.1, -0.05) is 19.1 Å². The molecule has 0 spiro atoms. The fourth-order valence-electron chi connectivity index (χ4n) is 5.38. The van der Waals surface area contributed by atoms with Gasteiger partial charge in [-0.2, -0.15) is 75.8 Å². The first-order chi connectivity index (χ1) is 32.6. The average Bonchev–Trinajstić information content (AvgIpc) is 3.19. The van der Waals surface area contributed by atoms with Gasteiger partial charge in [0.15, 0.2) is 0 Å². The zero-order valence-electron chi connectivity index (χ0n) is 39.2. The summed E-state index contributed by atoms with van der Waals surface area (Å²) in [7, 11) is 0. The summed E-state index contributed by atoms with van der Waals surface area (Å²) in [6, 6.07) is 12.6. The number of aromatic nitrogens is 3. The summed E-state index contributed by atoms with van der Waals surface area (Å²) < 4.78 is 211. The molecule has 75 heavy (non-hydrogen) atoms. The van der Waals surface area contributed by atoms with E-state index in [1.807, 2.05) is 6.92 Å². The molecule has 0 radical (unpaired) electrons. The molecule has 35 heteroatoms. The Balaban J connectivity index is 0. The molecule has 0 atom stereocenters. The van der Waals surface area contributed by atoms with Crippen molar-refractivity contribution in [3.05, 3.63) is 77.4 Å². The van der Waals surface area contributed by atoms with Gasteiger partial charge in [0.25, 0.3) is 0 Å². The minimum Gasteiger partial charge on any atom is -0.508 e. The van der Waals surface area contributed by atoms with Gasteiger partial charge in [0.1, 0.15) is 79.2 Å². The standard InChI is InChI=1S/C25H24N4O6.C15H17F15O6.4Rf/c1-2-29(19-8-7-18(32)13-22(19)35)25-27-23(9-14-3-5-16(30)11-20(14)33)26-24(28-25)10-15-4-6-17(31)12-21(15)34;1-2-3-31-4-9(16,17)34-10(18,19)5-32-6-11(20,21)35-12(22,23)7-33-8-13(24,25)36-15(29,30)14(26,27)28;;;;/h3-8,11-13,30-35H,2,9-10H2,1H3;2-8H2,1H3;;;;. The number of anilines is 2.